The quantitative estimate of drug-likeness (QED) is 0.155. The van der Waals surface area contributed by atoms with Crippen molar-refractivity contribution in [1.82, 2.24) is 0 Å². The molecule has 4 heterocycles. The molecule has 0 unspecified atom stereocenters. The number of anilines is 3. The molecule has 3 nitrogen and oxygen atoms in total. The van der Waals surface area contributed by atoms with Crippen molar-refractivity contribution in [2.75, 3.05) is 4.90 Å². The second-order valence-electron chi connectivity index (χ2n) is 13.9. The van der Waals surface area contributed by atoms with Crippen molar-refractivity contribution in [3.63, 3.8) is 0 Å². The van der Waals surface area contributed by atoms with E-state index in [1.807, 2.05) is 0 Å². The Balaban J connectivity index is 1.35. The summed E-state index contributed by atoms with van der Waals surface area (Å²) in [4.78, 5) is 2.58. The van der Waals surface area contributed by atoms with Gasteiger partial charge in [0.1, 0.15) is 0 Å². The van der Waals surface area contributed by atoms with Crippen molar-refractivity contribution < 1.29 is 9.47 Å². The second-order valence-corrected chi connectivity index (χ2v) is 18.6. The molecule has 7 aromatic rings. The van der Waals surface area contributed by atoms with Gasteiger partial charge in [0, 0.05) is 0 Å². The summed E-state index contributed by atoms with van der Waals surface area (Å²) in [5, 5.41) is 7.24. The first-order chi connectivity index (χ1) is 22.0. The zero-order valence-corrected chi connectivity index (χ0v) is 27.4. The van der Waals surface area contributed by atoms with Crippen LogP contribution in [-0.2, 0) is 11.8 Å². The monoisotopic (exact) mass is 640 g/mol. The van der Waals surface area contributed by atoms with Crippen LogP contribution in [0.5, 0.6) is 23.0 Å². The van der Waals surface area contributed by atoms with Gasteiger partial charge in [-0.3, -0.25) is 0 Å². The predicted molar refractivity (Wildman–Crippen MR) is 186 cm³/mol. The number of benzene rings is 7. The summed E-state index contributed by atoms with van der Waals surface area (Å²) in [6.07, 6.45) is 0.911. The van der Waals surface area contributed by atoms with Crippen LogP contribution in [0.15, 0.2) is 103 Å². The predicted octanol–water partition coefficient (Wildman–Crippen LogP) is 8.86. The van der Waals surface area contributed by atoms with E-state index in [4.69, 9.17) is 9.47 Å². The molecular formula is C41H28GeNO2. The molecule has 11 rings (SSSR count). The Hall–Kier alpha value is -4.74. The van der Waals surface area contributed by atoms with Gasteiger partial charge in [0.15, 0.2) is 0 Å². The number of nitrogens with zero attached hydrogens (tertiary/aromatic N) is 1. The molecule has 1 radical (unpaired) electrons. The molecule has 0 atom stereocenters. The van der Waals surface area contributed by atoms with Crippen LogP contribution < -0.4 is 27.6 Å². The van der Waals surface area contributed by atoms with Crippen LogP contribution in [0, 0.1) is 0 Å². The van der Waals surface area contributed by atoms with Gasteiger partial charge in [-0.1, -0.05) is 0 Å². The van der Waals surface area contributed by atoms with Crippen LogP contribution in [0.3, 0.4) is 0 Å². The molecule has 45 heavy (non-hydrogen) atoms. The van der Waals surface area contributed by atoms with Crippen LogP contribution in [0.25, 0.3) is 32.3 Å². The van der Waals surface area contributed by atoms with E-state index >= 15 is 0 Å². The zero-order chi connectivity index (χ0) is 29.8. The van der Waals surface area contributed by atoms with Gasteiger partial charge in [0.2, 0.25) is 0 Å². The number of hydrogen-bond acceptors (Lipinski definition) is 3. The van der Waals surface area contributed by atoms with Gasteiger partial charge in [-0.2, -0.15) is 0 Å². The van der Waals surface area contributed by atoms with Crippen molar-refractivity contribution >= 4 is 76.9 Å². The van der Waals surface area contributed by atoms with Gasteiger partial charge in [-0.25, -0.2) is 0 Å². The second kappa shape index (κ2) is 8.10. The maximum atomic E-state index is 7.22. The molecule has 0 saturated heterocycles. The summed E-state index contributed by atoms with van der Waals surface area (Å²) in [5.74, 6) is 4.07. The Morgan fingerprint density at radius 1 is 0.600 bits per heavy atom. The fourth-order valence-corrected chi connectivity index (χ4v) is 15.2. The zero-order valence-electron chi connectivity index (χ0n) is 25.3. The molecular weight excluding hydrogens is 611 g/mol. The summed E-state index contributed by atoms with van der Waals surface area (Å²) in [6.45, 7) is 6.92. The van der Waals surface area contributed by atoms with Crippen molar-refractivity contribution in [2.24, 2.45) is 0 Å². The average molecular weight is 639 g/mol. The minimum atomic E-state index is -2.44. The normalized spacial score (nSPS) is 15.1. The third kappa shape index (κ3) is 2.98. The molecule has 7 aromatic carbocycles. The molecule has 4 heteroatoms. The van der Waals surface area contributed by atoms with Gasteiger partial charge < -0.3 is 0 Å². The molecule has 213 valence electrons. The molecule has 0 aliphatic carbocycles. The van der Waals surface area contributed by atoms with Crippen LogP contribution in [0.1, 0.15) is 37.5 Å². The average Bonchev–Trinajstić information content (AvgIpc) is 3.06. The van der Waals surface area contributed by atoms with Gasteiger partial charge in [-0.05, 0) is 0 Å². The van der Waals surface area contributed by atoms with Crippen molar-refractivity contribution in [2.45, 2.75) is 32.6 Å². The topological polar surface area (TPSA) is 21.7 Å². The van der Waals surface area contributed by atoms with Gasteiger partial charge >= 0.3 is 267 Å². The molecule has 4 aliphatic rings. The van der Waals surface area contributed by atoms with E-state index in [9.17, 15) is 0 Å². The summed E-state index contributed by atoms with van der Waals surface area (Å²) in [7, 11) is 0. The Morgan fingerprint density at radius 2 is 1.24 bits per heavy atom. The fourth-order valence-electron chi connectivity index (χ4n) is 8.33. The first-order valence-corrected chi connectivity index (χ1v) is 19.0. The van der Waals surface area contributed by atoms with E-state index < -0.39 is 14.3 Å². The summed E-state index contributed by atoms with van der Waals surface area (Å²) >= 11 is -2.44. The third-order valence-corrected chi connectivity index (χ3v) is 16.5. The van der Waals surface area contributed by atoms with Gasteiger partial charge in [0.25, 0.3) is 0 Å². The van der Waals surface area contributed by atoms with Crippen LogP contribution in [0.2, 0.25) is 0 Å². The standard InChI is InChI=1S/C41H28GeNO2/c1-41(2,3)25-16-17-31-24(18-25)19-30-28-14-8-9-15-29(28)40-36-37(30)43(31)32-20-22-10-4-6-12-26(22)38-34(32)42(36)35-33(44-38)21-23-11-5-7-13-27(23)39(35)45-40/h4-18,20-21H,19H2,1-3H3. The van der Waals surface area contributed by atoms with Crippen molar-refractivity contribution in [3.05, 3.63) is 120 Å². The molecule has 0 fully saturated rings. The van der Waals surface area contributed by atoms with E-state index in [2.05, 4.69) is 129 Å². The Labute approximate surface area is 265 Å². The molecule has 0 N–H and O–H groups in total. The molecule has 0 amide bonds. The summed E-state index contributed by atoms with van der Waals surface area (Å²) in [5.41, 5.74) is 8.16. The Morgan fingerprint density at radius 3 is 2.00 bits per heavy atom. The minimum absolute atomic E-state index is 0.0706. The van der Waals surface area contributed by atoms with Crippen LogP contribution >= 0.6 is 0 Å². The Bertz CT molecular complexity index is 2520. The van der Waals surface area contributed by atoms with E-state index in [-0.39, 0.29) is 5.41 Å². The van der Waals surface area contributed by atoms with E-state index in [1.54, 1.807) is 0 Å². The van der Waals surface area contributed by atoms with E-state index in [0.717, 1.165) is 34.8 Å². The molecule has 4 aliphatic heterocycles. The van der Waals surface area contributed by atoms with E-state index in [0.29, 0.717) is 0 Å². The maximum absolute atomic E-state index is 7.22. The number of fused-ring (bicyclic) bond motifs is 10. The van der Waals surface area contributed by atoms with Crippen molar-refractivity contribution in [3.8, 4) is 23.0 Å². The van der Waals surface area contributed by atoms with Gasteiger partial charge in [0.05, 0.1) is 0 Å². The number of hydrogen-bond donors (Lipinski definition) is 0. The molecule has 0 aromatic heterocycles. The van der Waals surface area contributed by atoms with E-state index in [1.165, 1.54) is 73.9 Å². The summed E-state index contributed by atoms with van der Waals surface area (Å²) < 4.78 is 18.5. The summed E-state index contributed by atoms with van der Waals surface area (Å²) in [6, 6.07) is 38.2. The van der Waals surface area contributed by atoms with Crippen molar-refractivity contribution in [1.29, 1.82) is 0 Å². The molecule has 0 saturated carbocycles. The number of rotatable bonds is 0. The van der Waals surface area contributed by atoms with Crippen LogP contribution in [0.4, 0.5) is 17.1 Å². The Kier molecular flexibility index (Phi) is 4.42. The fraction of sp³-hybridized carbons (Fsp3) is 0.122. The third-order valence-electron chi connectivity index (χ3n) is 10.4. The number of ether oxygens (including phenoxy) is 2. The van der Waals surface area contributed by atoms with Gasteiger partial charge in [-0.15, -0.1) is 0 Å². The first kappa shape index (κ1) is 24.6. The van der Waals surface area contributed by atoms with Crippen LogP contribution in [-0.4, -0.2) is 14.3 Å². The molecule has 0 spiro atoms. The molecule has 0 bridgehead atoms. The first-order valence-electron chi connectivity index (χ1n) is 15.8. The SMILES string of the molecule is CC(C)(C)c1ccc2c(c1)Cc1c3[c]4c(c5ccccc15)Oc1[c]5c(cc6ccccc16)Oc1[c](c(cc6ccccc16)N23)[Ge]54.